The van der Waals surface area contributed by atoms with Crippen LogP contribution in [0.25, 0.3) is 10.9 Å². The molecule has 1 aliphatic heterocycles. The van der Waals surface area contributed by atoms with Crippen LogP contribution < -0.4 is 15.5 Å². The summed E-state index contributed by atoms with van der Waals surface area (Å²) in [6.45, 7) is 1.81. The predicted molar refractivity (Wildman–Crippen MR) is 107 cm³/mol. The van der Waals surface area contributed by atoms with Crippen LogP contribution in [0, 0.1) is 17.5 Å². The summed E-state index contributed by atoms with van der Waals surface area (Å²) in [6, 6.07) is 8.38. The van der Waals surface area contributed by atoms with Crippen molar-refractivity contribution in [1.29, 1.82) is 0 Å². The Hall–Kier alpha value is -3.29. The smallest absolute Gasteiger partial charge is 0.323 e. The summed E-state index contributed by atoms with van der Waals surface area (Å²) in [4.78, 5) is 18.7. The van der Waals surface area contributed by atoms with Gasteiger partial charge in [0.05, 0.1) is 5.69 Å². The van der Waals surface area contributed by atoms with Crippen LogP contribution in [0.4, 0.5) is 35.2 Å². The molecule has 2 aromatic carbocycles. The first-order valence-electron chi connectivity index (χ1n) is 9.38. The van der Waals surface area contributed by atoms with Gasteiger partial charge in [-0.3, -0.25) is 0 Å². The van der Waals surface area contributed by atoms with Crippen molar-refractivity contribution in [3.05, 3.63) is 59.9 Å². The number of carbonyl (C=O) groups excluding carboxylic acids is 1. The van der Waals surface area contributed by atoms with E-state index in [2.05, 4.69) is 20.5 Å². The van der Waals surface area contributed by atoms with E-state index in [-0.39, 0.29) is 16.9 Å². The number of rotatable bonds is 3. The number of pyridine rings is 1. The monoisotopic (exact) mass is 400 g/mol. The molecule has 1 fully saturated rings. The average molecular weight is 400 g/mol. The van der Waals surface area contributed by atoms with Gasteiger partial charge in [-0.05, 0) is 55.7 Å². The molecule has 3 aromatic rings. The number of fused-ring (bicyclic) bond motifs is 1. The second kappa shape index (κ2) is 7.98. The number of urea groups is 1. The molecule has 0 radical (unpaired) electrons. The van der Waals surface area contributed by atoms with Crippen molar-refractivity contribution in [3.63, 3.8) is 0 Å². The number of carbonyl (C=O) groups is 1. The maximum absolute atomic E-state index is 14.6. The Morgan fingerprint density at radius 3 is 2.45 bits per heavy atom. The van der Waals surface area contributed by atoms with Crippen molar-refractivity contribution >= 4 is 34.1 Å². The highest BCUT2D eigenvalue weighted by atomic mass is 19.1. The quantitative estimate of drug-likeness (QED) is 0.628. The molecule has 2 amide bonds. The summed E-state index contributed by atoms with van der Waals surface area (Å²) < 4.78 is 41.2. The van der Waals surface area contributed by atoms with Crippen LogP contribution in [0.2, 0.25) is 0 Å². The molecule has 4 rings (SSSR count). The molecule has 1 aliphatic rings. The van der Waals surface area contributed by atoms with Crippen molar-refractivity contribution in [1.82, 2.24) is 4.98 Å². The summed E-state index contributed by atoms with van der Waals surface area (Å²) in [5.41, 5.74) is 0.240. The van der Waals surface area contributed by atoms with E-state index in [0.29, 0.717) is 11.5 Å². The maximum atomic E-state index is 14.6. The van der Waals surface area contributed by atoms with Gasteiger partial charge in [0.25, 0.3) is 0 Å². The standard InChI is InChI=1S/C21H19F3N4O/c22-14-5-6-18(16(23)11-14)26-21(29)25-15-10-13-4-7-19(27-20(13)17(24)12-15)28-8-2-1-3-9-28/h4-7,10-12H,1-3,8-9H2,(H2,25,26,29). The van der Waals surface area contributed by atoms with Crippen molar-refractivity contribution < 1.29 is 18.0 Å². The van der Waals surface area contributed by atoms with Gasteiger partial charge in [-0.1, -0.05) is 0 Å². The van der Waals surface area contributed by atoms with Crippen molar-refractivity contribution in [2.45, 2.75) is 19.3 Å². The zero-order valence-electron chi connectivity index (χ0n) is 15.5. The molecule has 1 aromatic heterocycles. The summed E-state index contributed by atoms with van der Waals surface area (Å²) in [7, 11) is 0. The van der Waals surface area contributed by atoms with Crippen LogP contribution in [0.1, 0.15) is 19.3 Å². The number of hydrogen-bond acceptors (Lipinski definition) is 3. The molecular weight excluding hydrogens is 381 g/mol. The summed E-state index contributed by atoms with van der Waals surface area (Å²) in [5.74, 6) is -1.48. The predicted octanol–water partition coefficient (Wildman–Crippen LogP) is 5.29. The van der Waals surface area contributed by atoms with E-state index in [1.165, 1.54) is 6.42 Å². The molecule has 2 N–H and O–H groups in total. The Bertz CT molecular complexity index is 1070. The number of nitrogens with one attached hydrogen (secondary N) is 2. The molecule has 29 heavy (non-hydrogen) atoms. The highest BCUT2D eigenvalue weighted by Crippen LogP contribution is 2.26. The fourth-order valence-corrected chi connectivity index (χ4v) is 3.43. The Morgan fingerprint density at radius 1 is 0.897 bits per heavy atom. The zero-order valence-corrected chi connectivity index (χ0v) is 15.5. The first-order chi connectivity index (χ1) is 14.0. The fraction of sp³-hybridized carbons (Fsp3) is 0.238. The number of halogens is 3. The Kier molecular flexibility index (Phi) is 5.24. The van der Waals surface area contributed by atoms with Crippen LogP contribution in [0.5, 0.6) is 0 Å². The van der Waals surface area contributed by atoms with E-state index < -0.39 is 23.5 Å². The molecular formula is C21H19F3N4O. The fourth-order valence-electron chi connectivity index (χ4n) is 3.43. The lowest BCUT2D eigenvalue weighted by Crippen LogP contribution is -2.30. The molecule has 0 bridgehead atoms. The molecule has 8 heteroatoms. The van der Waals surface area contributed by atoms with Crippen molar-refractivity contribution in [2.24, 2.45) is 0 Å². The van der Waals surface area contributed by atoms with Crippen LogP contribution in [-0.2, 0) is 0 Å². The molecule has 0 spiro atoms. The molecule has 5 nitrogen and oxygen atoms in total. The highest BCUT2D eigenvalue weighted by Gasteiger charge is 2.15. The van der Waals surface area contributed by atoms with Gasteiger partial charge in [0.2, 0.25) is 0 Å². The van der Waals surface area contributed by atoms with Gasteiger partial charge < -0.3 is 15.5 Å². The van der Waals surface area contributed by atoms with Crippen molar-refractivity contribution in [2.75, 3.05) is 28.6 Å². The van der Waals surface area contributed by atoms with Crippen LogP contribution in [-0.4, -0.2) is 24.1 Å². The lowest BCUT2D eigenvalue weighted by Gasteiger charge is -2.27. The van der Waals surface area contributed by atoms with E-state index in [0.717, 1.165) is 49.9 Å². The highest BCUT2D eigenvalue weighted by molar-refractivity contribution is 6.01. The average Bonchev–Trinajstić information content (AvgIpc) is 2.70. The third-order valence-corrected chi connectivity index (χ3v) is 4.85. The van der Waals surface area contributed by atoms with Gasteiger partial charge in [-0.2, -0.15) is 0 Å². The van der Waals surface area contributed by atoms with E-state index >= 15 is 0 Å². The van der Waals surface area contributed by atoms with Crippen LogP contribution in [0.3, 0.4) is 0 Å². The SMILES string of the molecule is O=C(Nc1cc(F)c2nc(N3CCCCC3)ccc2c1)Nc1ccc(F)cc1F. The summed E-state index contributed by atoms with van der Waals surface area (Å²) in [6.07, 6.45) is 3.38. The third-order valence-electron chi connectivity index (χ3n) is 4.85. The van der Waals surface area contributed by atoms with E-state index in [1.54, 1.807) is 12.1 Å². The van der Waals surface area contributed by atoms with Gasteiger partial charge in [-0.25, -0.2) is 22.9 Å². The number of anilines is 3. The minimum Gasteiger partial charge on any atom is -0.357 e. The molecule has 0 aliphatic carbocycles. The second-order valence-electron chi connectivity index (χ2n) is 6.95. The number of hydrogen-bond donors (Lipinski definition) is 2. The molecule has 150 valence electrons. The molecule has 0 unspecified atom stereocenters. The van der Waals surface area contributed by atoms with Crippen molar-refractivity contribution in [3.8, 4) is 0 Å². The number of benzene rings is 2. The maximum Gasteiger partial charge on any atom is 0.323 e. The number of aromatic nitrogens is 1. The number of piperidine rings is 1. The van der Waals surface area contributed by atoms with Crippen LogP contribution in [0.15, 0.2) is 42.5 Å². The molecule has 1 saturated heterocycles. The molecule has 0 saturated carbocycles. The largest absolute Gasteiger partial charge is 0.357 e. The minimum atomic E-state index is -0.903. The van der Waals surface area contributed by atoms with E-state index in [1.807, 2.05) is 6.07 Å². The number of nitrogens with zero attached hydrogens (tertiary/aromatic N) is 2. The Balaban J connectivity index is 1.52. The lowest BCUT2D eigenvalue weighted by molar-refractivity contribution is 0.262. The van der Waals surface area contributed by atoms with Gasteiger partial charge in [-0.15, -0.1) is 0 Å². The first kappa shape index (κ1) is 19.0. The van der Waals surface area contributed by atoms with Gasteiger partial charge in [0.1, 0.15) is 23.0 Å². The molecule has 2 heterocycles. The Labute approximate surface area is 165 Å². The zero-order chi connectivity index (χ0) is 20.4. The summed E-state index contributed by atoms with van der Waals surface area (Å²) >= 11 is 0. The van der Waals surface area contributed by atoms with E-state index in [4.69, 9.17) is 0 Å². The minimum absolute atomic E-state index is 0.182. The van der Waals surface area contributed by atoms with Gasteiger partial charge in [0.15, 0.2) is 5.82 Å². The third kappa shape index (κ3) is 4.26. The summed E-state index contributed by atoms with van der Waals surface area (Å²) in [5, 5.41) is 5.26. The second-order valence-corrected chi connectivity index (χ2v) is 6.95. The first-order valence-corrected chi connectivity index (χ1v) is 9.38. The lowest BCUT2D eigenvalue weighted by atomic mass is 10.1. The topological polar surface area (TPSA) is 57.3 Å². The Morgan fingerprint density at radius 2 is 1.69 bits per heavy atom. The van der Waals surface area contributed by atoms with E-state index in [9.17, 15) is 18.0 Å². The number of amides is 2. The van der Waals surface area contributed by atoms with Gasteiger partial charge >= 0.3 is 6.03 Å². The van der Waals surface area contributed by atoms with Crippen LogP contribution >= 0.6 is 0 Å². The van der Waals surface area contributed by atoms with Gasteiger partial charge in [0, 0.05) is 30.2 Å². The molecule has 0 atom stereocenters. The normalized spacial score (nSPS) is 14.1.